The Balaban J connectivity index is 1.74. The summed E-state index contributed by atoms with van der Waals surface area (Å²) in [7, 11) is 0. The van der Waals surface area contributed by atoms with Crippen LogP contribution in [0.15, 0.2) is 84.9 Å². The van der Waals surface area contributed by atoms with Crippen LogP contribution in [0, 0.1) is 0 Å². The predicted octanol–water partition coefficient (Wildman–Crippen LogP) is 6.92. The molecule has 0 aliphatic rings. The lowest BCUT2D eigenvalue weighted by molar-refractivity contribution is -0.210. The van der Waals surface area contributed by atoms with Gasteiger partial charge in [-0.1, -0.05) is 104 Å². The van der Waals surface area contributed by atoms with Gasteiger partial charge < -0.3 is 9.94 Å². The topological polar surface area (TPSA) is 49.8 Å². The normalized spacial score (nSPS) is 13.9. The lowest BCUT2D eigenvalue weighted by Gasteiger charge is -2.31. The van der Waals surface area contributed by atoms with E-state index in [2.05, 4.69) is 0 Å². The zero-order valence-electron chi connectivity index (χ0n) is 20.0. The van der Waals surface area contributed by atoms with E-state index in [1.807, 2.05) is 98.8 Å². The Kier molecular flexibility index (Phi) is 9.70. The zero-order chi connectivity index (χ0) is 24.4. The molecule has 0 aliphatic heterocycles. The van der Waals surface area contributed by atoms with E-state index in [1.54, 1.807) is 5.06 Å². The fraction of sp³-hybridized carbons (Fsp3) is 0.345. The van der Waals surface area contributed by atoms with Crippen LogP contribution in [0.2, 0.25) is 5.02 Å². The van der Waals surface area contributed by atoms with Crippen molar-refractivity contribution in [1.29, 1.82) is 0 Å². The molecule has 0 unspecified atom stereocenters. The zero-order valence-corrected chi connectivity index (χ0v) is 20.7. The molecule has 180 valence electrons. The first kappa shape index (κ1) is 26.0. The van der Waals surface area contributed by atoms with Gasteiger partial charge in [-0.15, -0.1) is 5.06 Å². The minimum Gasteiger partial charge on any atom is -0.389 e. The predicted molar refractivity (Wildman–Crippen MR) is 137 cm³/mol. The number of aliphatic hydroxyl groups is 1. The molecule has 5 heteroatoms. The Hall–Kier alpha value is -2.66. The number of carbonyl (C=O) groups is 1. The van der Waals surface area contributed by atoms with Gasteiger partial charge in [-0.05, 0) is 48.9 Å². The molecule has 0 aromatic heterocycles. The summed E-state index contributed by atoms with van der Waals surface area (Å²) in [5, 5.41) is 13.6. The molecule has 0 spiro atoms. The maximum Gasteiger partial charge on any atom is 0.327 e. The van der Waals surface area contributed by atoms with Gasteiger partial charge in [-0.25, -0.2) is 0 Å². The average Bonchev–Trinajstić information content (AvgIpc) is 2.84. The molecule has 2 atom stereocenters. The average molecular weight is 480 g/mol. The van der Waals surface area contributed by atoms with Crippen LogP contribution >= 0.6 is 11.6 Å². The van der Waals surface area contributed by atoms with E-state index in [9.17, 15) is 9.90 Å². The summed E-state index contributed by atoms with van der Waals surface area (Å²) < 4.78 is 0. The molecule has 0 saturated heterocycles. The molecule has 3 rings (SSSR count). The second-order valence-electron chi connectivity index (χ2n) is 8.85. The van der Waals surface area contributed by atoms with Crippen LogP contribution in [0.1, 0.15) is 62.3 Å². The highest BCUT2D eigenvalue weighted by molar-refractivity contribution is 6.31. The molecular weight excluding hydrogens is 446 g/mol. The van der Waals surface area contributed by atoms with Crippen LogP contribution in [0.5, 0.6) is 0 Å². The van der Waals surface area contributed by atoms with Crippen molar-refractivity contribution in [2.75, 3.05) is 0 Å². The van der Waals surface area contributed by atoms with Crippen molar-refractivity contribution in [3.05, 3.63) is 107 Å². The van der Waals surface area contributed by atoms with Gasteiger partial charge in [0.05, 0.1) is 24.6 Å². The molecule has 0 amide bonds. The monoisotopic (exact) mass is 479 g/mol. The fourth-order valence-corrected chi connectivity index (χ4v) is 4.36. The van der Waals surface area contributed by atoms with E-state index in [4.69, 9.17) is 16.4 Å². The summed E-state index contributed by atoms with van der Waals surface area (Å²) in [6.07, 6.45) is 2.46. The molecule has 0 saturated carbocycles. The number of halogens is 1. The third kappa shape index (κ3) is 7.69. The van der Waals surface area contributed by atoms with Crippen LogP contribution in [-0.2, 0) is 22.6 Å². The van der Waals surface area contributed by atoms with Crippen molar-refractivity contribution >= 4 is 17.6 Å². The number of hydrogen-bond donors (Lipinski definition) is 1. The van der Waals surface area contributed by atoms with E-state index in [-0.39, 0.29) is 12.5 Å². The summed E-state index contributed by atoms with van der Waals surface area (Å²) >= 11 is 6.40. The molecule has 0 heterocycles. The van der Waals surface area contributed by atoms with E-state index < -0.39 is 11.6 Å². The van der Waals surface area contributed by atoms with Gasteiger partial charge in [0.2, 0.25) is 0 Å². The number of benzene rings is 3. The Morgan fingerprint density at radius 1 is 0.971 bits per heavy atom. The molecule has 3 aromatic rings. The lowest BCUT2D eigenvalue weighted by Crippen LogP contribution is -2.37. The number of rotatable bonds is 12. The third-order valence-electron chi connectivity index (χ3n) is 6.13. The van der Waals surface area contributed by atoms with Crippen molar-refractivity contribution < 1.29 is 14.7 Å². The summed E-state index contributed by atoms with van der Waals surface area (Å²) in [5.41, 5.74) is 1.92. The maximum atomic E-state index is 13.1. The SMILES string of the molecule is CCC[C@@](O)(CCc1ccccc1)CC(=O)ON(Cc1ccccc1Cl)[C@H](C)c1ccccc1. The van der Waals surface area contributed by atoms with Gasteiger partial charge in [0.15, 0.2) is 0 Å². The van der Waals surface area contributed by atoms with E-state index in [0.29, 0.717) is 30.8 Å². The highest BCUT2D eigenvalue weighted by Crippen LogP contribution is 2.28. The van der Waals surface area contributed by atoms with Crippen LogP contribution in [0.25, 0.3) is 0 Å². The molecule has 3 aromatic carbocycles. The first-order valence-electron chi connectivity index (χ1n) is 11.9. The number of carbonyl (C=O) groups excluding carboxylic acids is 1. The second-order valence-corrected chi connectivity index (χ2v) is 9.26. The highest BCUT2D eigenvalue weighted by atomic mass is 35.5. The van der Waals surface area contributed by atoms with E-state index in [0.717, 1.165) is 23.1 Å². The fourth-order valence-electron chi connectivity index (χ4n) is 4.16. The largest absolute Gasteiger partial charge is 0.389 e. The summed E-state index contributed by atoms with van der Waals surface area (Å²) in [5.74, 6) is -0.446. The maximum absolute atomic E-state index is 13.1. The Labute approximate surface area is 208 Å². The van der Waals surface area contributed by atoms with Crippen LogP contribution in [0.3, 0.4) is 0 Å². The number of hydrogen-bond acceptors (Lipinski definition) is 4. The van der Waals surface area contributed by atoms with Crippen LogP contribution in [-0.4, -0.2) is 21.7 Å². The second kappa shape index (κ2) is 12.7. The molecule has 0 bridgehead atoms. The van der Waals surface area contributed by atoms with E-state index in [1.165, 1.54) is 0 Å². The van der Waals surface area contributed by atoms with Crippen molar-refractivity contribution in [3.63, 3.8) is 0 Å². The molecule has 0 aliphatic carbocycles. The molecule has 0 fully saturated rings. The quantitative estimate of drug-likeness (QED) is 0.286. The van der Waals surface area contributed by atoms with Gasteiger partial charge in [-0.3, -0.25) is 4.79 Å². The van der Waals surface area contributed by atoms with E-state index >= 15 is 0 Å². The molecule has 1 N–H and O–H groups in total. The van der Waals surface area contributed by atoms with Gasteiger partial charge >= 0.3 is 5.97 Å². The van der Waals surface area contributed by atoms with Crippen molar-refractivity contribution in [2.24, 2.45) is 0 Å². The smallest absolute Gasteiger partial charge is 0.327 e. The van der Waals surface area contributed by atoms with Crippen LogP contribution in [0.4, 0.5) is 0 Å². The third-order valence-corrected chi connectivity index (χ3v) is 6.50. The van der Waals surface area contributed by atoms with Crippen molar-refractivity contribution in [1.82, 2.24) is 5.06 Å². The Morgan fingerprint density at radius 3 is 2.24 bits per heavy atom. The Morgan fingerprint density at radius 2 is 1.59 bits per heavy atom. The number of nitrogens with zero attached hydrogens (tertiary/aromatic N) is 1. The number of aryl methyl sites for hydroxylation is 1. The summed E-state index contributed by atoms with van der Waals surface area (Å²) in [6.45, 7) is 4.35. The number of hydroxylamine groups is 2. The lowest BCUT2D eigenvalue weighted by atomic mass is 9.87. The van der Waals surface area contributed by atoms with Gasteiger partial charge in [0, 0.05) is 5.02 Å². The van der Waals surface area contributed by atoms with Crippen molar-refractivity contribution in [3.8, 4) is 0 Å². The Bertz CT molecular complexity index is 1030. The highest BCUT2D eigenvalue weighted by Gasteiger charge is 2.32. The minimum absolute atomic E-state index is 0.0613. The minimum atomic E-state index is -1.12. The standard InChI is InChI=1S/C29H34ClNO3/c1-3-19-29(33,20-18-24-12-6-4-7-13-24)21-28(32)34-31(22-26-16-10-11-17-27(26)30)23(2)25-14-8-5-9-15-25/h4-17,23,33H,3,18-22H2,1-2H3/t23-,29-/m1/s1. The van der Waals surface area contributed by atoms with Gasteiger partial charge in [0.25, 0.3) is 0 Å². The summed E-state index contributed by atoms with van der Waals surface area (Å²) in [4.78, 5) is 19.0. The summed E-state index contributed by atoms with van der Waals surface area (Å²) in [6, 6.07) is 27.3. The van der Waals surface area contributed by atoms with Gasteiger partial charge in [0.1, 0.15) is 0 Å². The van der Waals surface area contributed by atoms with Crippen molar-refractivity contribution in [2.45, 2.75) is 64.1 Å². The first-order chi connectivity index (χ1) is 16.4. The molecule has 34 heavy (non-hydrogen) atoms. The molecule has 4 nitrogen and oxygen atoms in total. The molecule has 0 radical (unpaired) electrons. The molecular formula is C29H34ClNO3. The van der Waals surface area contributed by atoms with Gasteiger partial charge in [-0.2, -0.15) is 0 Å². The van der Waals surface area contributed by atoms with Crippen LogP contribution < -0.4 is 0 Å². The first-order valence-corrected chi connectivity index (χ1v) is 12.3.